The number of hydrogen-bond acceptors (Lipinski definition) is 5. The number of nitrogens with zero attached hydrogens (tertiary/aromatic N) is 2. The van der Waals surface area contributed by atoms with Crippen LogP contribution in [0.15, 0.2) is 83.4 Å². The number of aromatic nitrogens is 1. The van der Waals surface area contributed by atoms with E-state index in [0.29, 0.717) is 22.2 Å². The topological polar surface area (TPSA) is 72.6 Å². The zero-order chi connectivity index (χ0) is 21.8. The molecule has 3 aromatic carbocycles. The number of likely N-dealkylation sites (N-methyl/N-ethyl adjacent to an activating group) is 1. The van der Waals surface area contributed by atoms with Crippen LogP contribution in [-0.2, 0) is 9.53 Å². The summed E-state index contributed by atoms with van der Waals surface area (Å²) in [5.41, 5.74) is 2.85. The molecular formula is C25H22N2O4. The highest BCUT2D eigenvalue weighted by Gasteiger charge is 2.20. The second-order valence-corrected chi connectivity index (χ2v) is 7.28. The van der Waals surface area contributed by atoms with Crippen molar-refractivity contribution in [3.63, 3.8) is 0 Å². The summed E-state index contributed by atoms with van der Waals surface area (Å²) in [6, 6.07) is 24.1. The van der Waals surface area contributed by atoms with E-state index >= 15 is 0 Å². The van der Waals surface area contributed by atoms with Gasteiger partial charge in [0.25, 0.3) is 5.91 Å². The molecule has 0 bridgehead atoms. The lowest BCUT2D eigenvalue weighted by molar-refractivity contribution is -0.135. The summed E-state index contributed by atoms with van der Waals surface area (Å²) in [5.74, 6) is -0.269. The Morgan fingerprint density at radius 2 is 1.68 bits per heavy atom. The predicted molar refractivity (Wildman–Crippen MR) is 117 cm³/mol. The largest absolute Gasteiger partial charge is 0.452 e. The predicted octanol–water partition coefficient (Wildman–Crippen LogP) is 4.87. The van der Waals surface area contributed by atoms with E-state index in [9.17, 15) is 9.59 Å². The number of benzene rings is 3. The van der Waals surface area contributed by atoms with Crippen molar-refractivity contribution in [3.8, 4) is 11.3 Å². The number of carbonyl (C=O) groups excluding carboxylic acids is 2. The number of amides is 1. The van der Waals surface area contributed by atoms with Crippen LogP contribution in [-0.4, -0.2) is 35.6 Å². The normalized spacial score (nSPS) is 11.8. The number of carbonyl (C=O) groups is 2. The Hall–Kier alpha value is -3.93. The Labute approximate surface area is 180 Å². The van der Waals surface area contributed by atoms with Gasteiger partial charge < -0.3 is 14.2 Å². The van der Waals surface area contributed by atoms with Crippen LogP contribution in [0.25, 0.3) is 22.2 Å². The van der Waals surface area contributed by atoms with Crippen molar-refractivity contribution in [1.29, 1.82) is 0 Å². The molecule has 31 heavy (non-hydrogen) atoms. The molecule has 0 unspecified atom stereocenters. The first-order chi connectivity index (χ1) is 15.0. The van der Waals surface area contributed by atoms with Crippen LogP contribution in [0.3, 0.4) is 0 Å². The standard InChI is InChI=1S/C25H22N2O4/c1-17(18-9-5-3-6-10-18)27(2)23(28)16-30-25(29)20-13-14-22-21(15-20)24(31-26-22)19-11-7-4-8-12-19/h3-15,17H,16H2,1-2H3/t17-/m1/s1. The highest BCUT2D eigenvalue weighted by atomic mass is 16.5. The molecule has 6 heteroatoms. The van der Waals surface area contributed by atoms with Gasteiger partial charge in [-0.15, -0.1) is 0 Å². The maximum atomic E-state index is 12.6. The maximum Gasteiger partial charge on any atom is 0.338 e. The lowest BCUT2D eigenvalue weighted by Crippen LogP contribution is -2.33. The molecule has 4 rings (SSSR count). The van der Waals surface area contributed by atoms with Gasteiger partial charge in [0, 0.05) is 12.6 Å². The number of fused-ring (bicyclic) bond motifs is 1. The Kier molecular flexibility index (Phi) is 5.80. The third-order valence-electron chi connectivity index (χ3n) is 5.33. The van der Waals surface area contributed by atoms with E-state index in [0.717, 1.165) is 11.1 Å². The second-order valence-electron chi connectivity index (χ2n) is 7.28. The zero-order valence-corrected chi connectivity index (χ0v) is 17.3. The van der Waals surface area contributed by atoms with E-state index in [1.54, 1.807) is 30.1 Å². The third kappa shape index (κ3) is 4.33. The molecule has 1 amide bonds. The molecule has 1 atom stereocenters. The first-order valence-corrected chi connectivity index (χ1v) is 9.97. The van der Waals surface area contributed by atoms with Crippen molar-refractivity contribution in [2.45, 2.75) is 13.0 Å². The van der Waals surface area contributed by atoms with Crippen molar-refractivity contribution in [3.05, 3.63) is 90.0 Å². The van der Waals surface area contributed by atoms with Gasteiger partial charge in [-0.2, -0.15) is 0 Å². The minimum absolute atomic E-state index is 0.130. The maximum absolute atomic E-state index is 12.6. The van der Waals surface area contributed by atoms with Crippen LogP contribution in [0.4, 0.5) is 0 Å². The highest BCUT2D eigenvalue weighted by molar-refractivity contribution is 5.99. The second kappa shape index (κ2) is 8.83. The molecule has 1 aromatic heterocycles. The number of hydrogen-bond donors (Lipinski definition) is 0. The van der Waals surface area contributed by atoms with Gasteiger partial charge in [-0.1, -0.05) is 65.8 Å². The smallest absolute Gasteiger partial charge is 0.338 e. The Balaban J connectivity index is 1.45. The molecule has 0 aliphatic carbocycles. The lowest BCUT2D eigenvalue weighted by Gasteiger charge is -2.25. The molecule has 0 N–H and O–H groups in total. The van der Waals surface area contributed by atoms with Gasteiger partial charge in [0.2, 0.25) is 0 Å². The molecular weight excluding hydrogens is 392 g/mol. The molecule has 0 saturated heterocycles. The van der Waals surface area contributed by atoms with E-state index in [2.05, 4.69) is 5.16 Å². The molecule has 0 fully saturated rings. The Morgan fingerprint density at radius 3 is 2.39 bits per heavy atom. The van der Waals surface area contributed by atoms with Crippen LogP contribution < -0.4 is 0 Å². The van der Waals surface area contributed by atoms with Crippen molar-refractivity contribution in [2.24, 2.45) is 0 Å². The minimum atomic E-state index is -0.573. The van der Waals surface area contributed by atoms with Crippen molar-refractivity contribution in [1.82, 2.24) is 10.1 Å². The van der Waals surface area contributed by atoms with Crippen LogP contribution in [0.2, 0.25) is 0 Å². The Morgan fingerprint density at radius 1 is 1.00 bits per heavy atom. The Bertz CT molecular complexity index is 1200. The van der Waals surface area contributed by atoms with E-state index in [1.807, 2.05) is 67.6 Å². The summed E-state index contributed by atoms with van der Waals surface area (Å²) in [4.78, 5) is 26.7. The number of esters is 1. The molecule has 0 aliphatic heterocycles. The van der Waals surface area contributed by atoms with E-state index < -0.39 is 5.97 Å². The third-order valence-corrected chi connectivity index (χ3v) is 5.33. The van der Waals surface area contributed by atoms with E-state index in [4.69, 9.17) is 9.26 Å². The molecule has 6 nitrogen and oxygen atoms in total. The molecule has 0 radical (unpaired) electrons. The summed E-state index contributed by atoms with van der Waals surface area (Å²) < 4.78 is 10.8. The van der Waals surface area contributed by atoms with Gasteiger partial charge in [0.05, 0.1) is 17.0 Å². The molecule has 4 aromatic rings. The quantitative estimate of drug-likeness (QED) is 0.421. The zero-order valence-electron chi connectivity index (χ0n) is 17.3. The SMILES string of the molecule is C[C@H](c1ccccc1)N(C)C(=O)COC(=O)c1ccc2noc(-c3ccccc3)c2c1. The highest BCUT2D eigenvalue weighted by Crippen LogP contribution is 2.29. The van der Waals surface area contributed by atoms with E-state index in [-0.39, 0.29) is 18.6 Å². The van der Waals surface area contributed by atoms with Gasteiger partial charge in [0.1, 0.15) is 5.52 Å². The number of rotatable bonds is 6. The van der Waals surface area contributed by atoms with Crippen LogP contribution in [0.5, 0.6) is 0 Å². The van der Waals surface area contributed by atoms with Gasteiger partial charge in [-0.05, 0) is 30.7 Å². The van der Waals surface area contributed by atoms with Crippen LogP contribution >= 0.6 is 0 Å². The van der Waals surface area contributed by atoms with Gasteiger partial charge in [0.15, 0.2) is 12.4 Å². The number of ether oxygens (including phenoxy) is 1. The summed E-state index contributed by atoms with van der Waals surface area (Å²) in [6.07, 6.45) is 0. The molecule has 0 aliphatic rings. The lowest BCUT2D eigenvalue weighted by atomic mass is 10.1. The van der Waals surface area contributed by atoms with Gasteiger partial charge in [-0.3, -0.25) is 4.79 Å². The summed E-state index contributed by atoms with van der Waals surface area (Å²) in [6.45, 7) is 1.60. The molecule has 0 spiro atoms. The minimum Gasteiger partial charge on any atom is -0.452 e. The van der Waals surface area contributed by atoms with Crippen molar-refractivity contribution >= 4 is 22.8 Å². The average molecular weight is 414 g/mol. The van der Waals surface area contributed by atoms with Crippen molar-refractivity contribution in [2.75, 3.05) is 13.7 Å². The summed E-state index contributed by atoms with van der Waals surface area (Å²) in [5, 5.41) is 4.76. The van der Waals surface area contributed by atoms with E-state index in [1.165, 1.54) is 0 Å². The summed E-state index contributed by atoms with van der Waals surface area (Å²) >= 11 is 0. The fourth-order valence-electron chi connectivity index (χ4n) is 3.35. The fourth-order valence-corrected chi connectivity index (χ4v) is 3.35. The molecule has 1 heterocycles. The van der Waals surface area contributed by atoms with Crippen LogP contribution in [0.1, 0.15) is 28.9 Å². The molecule has 156 valence electrons. The average Bonchev–Trinajstić information content (AvgIpc) is 3.25. The molecule has 0 saturated carbocycles. The van der Waals surface area contributed by atoms with Gasteiger partial charge >= 0.3 is 5.97 Å². The fraction of sp³-hybridized carbons (Fsp3) is 0.160. The monoisotopic (exact) mass is 414 g/mol. The first-order valence-electron chi connectivity index (χ1n) is 9.97. The van der Waals surface area contributed by atoms with Crippen molar-refractivity contribution < 1.29 is 18.8 Å². The first kappa shape index (κ1) is 20.3. The summed E-state index contributed by atoms with van der Waals surface area (Å²) in [7, 11) is 1.70. The van der Waals surface area contributed by atoms with Crippen LogP contribution in [0, 0.1) is 0 Å². The van der Waals surface area contributed by atoms with Gasteiger partial charge in [-0.25, -0.2) is 4.79 Å².